The third-order valence-corrected chi connectivity index (χ3v) is 5.47. The first-order valence-corrected chi connectivity index (χ1v) is 6.13. The van der Waals surface area contributed by atoms with Crippen LogP contribution in [0.3, 0.4) is 0 Å². The van der Waals surface area contributed by atoms with Crippen LogP contribution >= 0.6 is 0 Å². The Morgan fingerprint density at radius 1 is 1.44 bits per heavy atom. The molecule has 0 aliphatic heterocycles. The molecule has 4 aliphatic rings. The molecule has 0 heterocycles. The van der Waals surface area contributed by atoms with Crippen molar-refractivity contribution < 1.29 is 8.78 Å². The molecule has 0 aromatic rings. The molecule has 4 aliphatic carbocycles. The molecule has 1 nitrogen and oxygen atoms in total. The highest BCUT2D eigenvalue weighted by Gasteiger charge is 2.74. The van der Waals surface area contributed by atoms with Gasteiger partial charge in [0.25, 0.3) is 5.92 Å². The number of allylic oxidation sites excluding steroid dienone is 1. The van der Waals surface area contributed by atoms with Crippen LogP contribution in [0.2, 0.25) is 0 Å². The van der Waals surface area contributed by atoms with Gasteiger partial charge in [0.15, 0.2) is 0 Å². The van der Waals surface area contributed by atoms with Gasteiger partial charge >= 0.3 is 0 Å². The van der Waals surface area contributed by atoms with Gasteiger partial charge in [-0.25, -0.2) is 8.78 Å². The van der Waals surface area contributed by atoms with Gasteiger partial charge in [-0.15, -0.1) is 0 Å². The monoisotopic (exact) mass is 227 g/mol. The first-order chi connectivity index (χ1) is 7.35. The Morgan fingerprint density at radius 3 is 2.44 bits per heavy atom. The maximum atomic E-state index is 13.6. The highest BCUT2D eigenvalue weighted by atomic mass is 19.3. The van der Waals surface area contributed by atoms with Gasteiger partial charge in [0.2, 0.25) is 0 Å². The fraction of sp³-hybridized carbons (Fsp3) is 0.846. The van der Waals surface area contributed by atoms with Gasteiger partial charge in [0.1, 0.15) is 0 Å². The molecule has 4 rings (SSSR count). The number of nitrogens with two attached hydrogens (primary N) is 1. The van der Waals surface area contributed by atoms with Crippen molar-refractivity contribution in [2.45, 2.75) is 39.0 Å². The van der Waals surface area contributed by atoms with Crippen LogP contribution in [0.4, 0.5) is 8.78 Å². The normalized spacial score (nSPS) is 46.9. The van der Waals surface area contributed by atoms with Gasteiger partial charge in [0.05, 0.1) is 5.41 Å². The topological polar surface area (TPSA) is 26.0 Å². The molecule has 0 aromatic carbocycles. The van der Waals surface area contributed by atoms with E-state index in [-0.39, 0.29) is 18.4 Å². The SMILES string of the molecule is CC1(C)C2CC=C(C3(CN)CC3(F)F)C1C2. The summed E-state index contributed by atoms with van der Waals surface area (Å²) in [5, 5.41) is 0. The number of hydrogen-bond acceptors (Lipinski definition) is 1. The number of fused-ring (bicyclic) bond motifs is 1. The lowest BCUT2D eigenvalue weighted by molar-refractivity contribution is -0.0244. The van der Waals surface area contributed by atoms with Crippen LogP contribution in [0, 0.1) is 22.7 Å². The summed E-state index contributed by atoms with van der Waals surface area (Å²) in [6.07, 6.45) is 4.10. The third-order valence-electron chi connectivity index (χ3n) is 5.47. The van der Waals surface area contributed by atoms with Crippen molar-refractivity contribution in [3.05, 3.63) is 11.6 Å². The number of hydrogen-bond donors (Lipinski definition) is 1. The van der Waals surface area contributed by atoms with Crippen molar-refractivity contribution in [1.29, 1.82) is 0 Å². The summed E-state index contributed by atoms with van der Waals surface area (Å²) in [6, 6.07) is 0. The molecule has 2 saturated carbocycles. The molecule has 0 spiro atoms. The van der Waals surface area contributed by atoms with E-state index in [1.165, 1.54) is 0 Å². The van der Waals surface area contributed by atoms with Crippen LogP contribution in [0.1, 0.15) is 33.1 Å². The quantitative estimate of drug-likeness (QED) is 0.721. The van der Waals surface area contributed by atoms with Crippen LogP contribution in [0.15, 0.2) is 11.6 Å². The zero-order chi connectivity index (χ0) is 11.8. The zero-order valence-electron chi connectivity index (χ0n) is 9.89. The molecule has 0 aromatic heterocycles. The average Bonchev–Trinajstić information content (AvgIpc) is 2.82. The van der Waals surface area contributed by atoms with E-state index in [1.807, 2.05) is 0 Å². The lowest BCUT2D eigenvalue weighted by Gasteiger charge is -2.57. The van der Waals surface area contributed by atoms with Gasteiger partial charge in [-0.1, -0.05) is 25.5 Å². The highest BCUT2D eigenvalue weighted by molar-refractivity contribution is 5.38. The summed E-state index contributed by atoms with van der Waals surface area (Å²) < 4.78 is 27.1. The second-order valence-electron chi connectivity index (χ2n) is 6.37. The largest absolute Gasteiger partial charge is 0.329 e. The van der Waals surface area contributed by atoms with E-state index in [0.29, 0.717) is 11.8 Å². The molecule has 0 saturated heterocycles. The van der Waals surface area contributed by atoms with Crippen molar-refractivity contribution in [3.8, 4) is 0 Å². The van der Waals surface area contributed by atoms with Crippen LogP contribution in [-0.4, -0.2) is 12.5 Å². The van der Waals surface area contributed by atoms with E-state index >= 15 is 0 Å². The van der Waals surface area contributed by atoms with Gasteiger partial charge in [-0.3, -0.25) is 0 Å². The van der Waals surface area contributed by atoms with Gasteiger partial charge < -0.3 is 5.73 Å². The molecule has 3 atom stereocenters. The second-order valence-corrected chi connectivity index (χ2v) is 6.37. The van der Waals surface area contributed by atoms with E-state index in [0.717, 1.165) is 18.4 Å². The smallest absolute Gasteiger partial charge is 0.259 e. The lowest BCUT2D eigenvalue weighted by Crippen LogP contribution is -2.50. The van der Waals surface area contributed by atoms with Crippen molar-refractivity contribution >= 4 is 0 Å². The summed E-state index contributed by atoms with van der Waals surface area (Å²) in [5.74, 6) is -1.50. The molecule has 2 fully saturated rings. The van der Waals surface area contributed by atoms with Gasteiger partial charge in [0, 0.05) is 13.0 Å². The molecule has 0 radical (unpaired) electrons. The molecule has 2 N–H and O–H groups in total. The Labute approximate surface area is 95.1 Å². The number of halogens is 2. The zero-order valence-corrected chi connectivity index (χ0v) is 9.89. The summed E-state index contributed by atoms with van der Waals surface area (Å²) in [4.78, 5) is 0. The van der Waals surface area contributed by atoms with Crippen molar-refractivity contribution in [3.63, 3.8) is 0 Å². The van der Waals surface area contributed by atoms with E-state index < -0.39 is 11.3 Å². The molecule has 3 unspecified atom stereocenters. The maximum absolute atomic E-state index is 13.6. The Bertz CT molecular complexity index is 372. The van der Waals surface area contributed by atoms with Crippen molar-refractivity contribution in [2.24, 2.45) is 28.4 Å². The maximum Gasteiger partial charge on any atom is 0.259 e. The molecule has 90 valence electrons. The molecule has 3 heteroatoms. The number of rotatable bonds is 2. The number of alkyl halides is 2. The van der Waals surface area contributed by atoms with Crippen LogP contribution in [0.25, 0.3) is 0 Å². The molecule has 0 amide bonds. The van der Waals surface area contributed by atoms with Gasteiger partial charge in [-0.2, -0.15) is 0 Å². The molecule has 2 bridgehead atoms. The lowest BCUT2D eigenvalue weighted by atomic mass is 9.47. The predicted molar refractivity (Wildman–Crippen MR) is 59.1 cm³/mol. The first-order valence-electron chi connectivity index (χ1n) is 6.13. The predicted octanol–water partition coefficient (Wildman–Crippen LogP) is 2.96. The van der Waals surface area contributed by atoms with Crippen LogP contribution in [0.5, 0.6) is 0 Å². The Morgan fingerprint density at radius 2 is 2.06 bits per heavy atom. The van der Waals surface area contributed by atoms with E-state index in [2.05, 4.69) is 19.9 Å². The van der Waals surface area contributed by atoms with Crippen LogP contribution in [-0.2, 0) is 0 Å². The Kier molecular flexibility index (Phi) is 1.80. The second kappa shape index (κ2) is 2.69. The third kappa shape index (κ3) is 0.987. The Balaban J connectivity index is 1.95. The summed E-state index contributed by atoms with van der Waals surface area (Å²) in [6.45, 7) is 4.52. The summed E-state index contributed by atoms with van der Waals surface area (Å²) in [7, 11) is 0. The standard InChI is InChI=1S/C13H19F2N/c1-11(2)8-3-4-9(10(11)5-8)12(7-16)6-13(12,14)15/h4,8,10H,3,5-7,16H2,1-2H3. The Hall–Kier alpha value is -0.440. The molecular weight excluding hydrogens is 208 g/mol. The fourth-order valence-electron chi connectivity index (χ4n) is 3.87. The van der Waals surface area contributed by atoms with Crippen molar-refractivity contribution in [1.82, 2.24) is 0 Å². The van der Waals surface area contributed by atoms with E-state index in [9.17, 15) is 8.78 Å². The van der Waals surface area contributed by atoms with Crippen LogP contribution < -0.4 is 5.73 Å². The fourth-order valence-corrected chi connectivity index (χ4v) is 3.87. The van der Waals surface area contributed by atoms with Gasteiger partial charge in [-0.05, 0) is 30.1 Å². The first kappa shape index (κ1) is 10.7. The minimum Gasteiger partial charge on any atom is -0.329 e. The minimum atomic E-state index is -2.55. The molecular formula is C13H19F2N. The van der Waals surface area contributed by atoms with E-state index in [4.69, 9.17) is 5.73 Å². The minimum absolute atomic E-state index is 0.0282. The highest BCUT2D eigenvalue weighted by Crippen LogP contribution is 2.72. The van der Waals surface area contributed by atoms with Crippen molar-refractivity contribution in [2.75, 3.05) is 6.54 Å². The van der Waals surface area contributed by atoms with E-state index in [1.54, 1.807) is 0 Å². The summed E-state index contributed by atoms with van der Waals surface area (Å²) in [5.41, 5.74) is 5.84. The average molecular weight is 227 g/mol. The summed E-state index contributed by atoms with van der Waals surface area (Å²) >= 11 is 0. The molecule has 16 heavy (non-hydrogen) atoms.